The van der Waals surface area contributed by atoms with Crippen LogP contribution in [-0.4, -0.2) is 29.8 Å². The number of rotatable bonds is 2. The Morgan fingerprint density at radius 3 is 2.64 bits per heavy atom. The Labute approximate surface area is 144 Å². The number of carbonyl (C=O) groups excluding carboxylic acids is 2. The van der Waals surface area contributed by atoms with Crippen LogP contribution in [0.2, 0.25) is 0 Å². The predicted octanol–water partition coefficient (Wildman–Crippen LogP) is 2.65. The number of amides is 2. The molecule has 0 saturated carbocycles. The lowest BCUT2D eigenvalue weighted by Gasteiger charge is -2.16. The van der Waals surface area contributed by atoms with Gasteiger partial charge in [0.15, 0.2) is 0 Å². The first kappa shape index (κ1) is 16.7. The van der Waals surface area contributed by atoms with E-state index in [0.717, 1.165) is 5.56 Å². The van der Waals surface area contributed by atoms with Gasteiger partial charge < -0.3 is 10.2 Å². The lowest BCUT2D eigenvalue weighted by molar-refractivity contribution is -0.142. The summed E-state index contributed by atoms with van der Waals surface area (Å²) in [5, 5.41) is 11.3. The molecule has 1 atom stereocenters. The summed E-state index contributed by atoms with van der Waals surface area (Å²) in [4.78, 5) is 25.9. The maximum absolute atomic E-state index is 13.3. The van der Waals surface area contributed by atoms with Crippen LogP contribution in [0.25, 0.3) is 0 Å². The van der Waals surface area contributed by atoms with Crippen molar-refractivity contribution in [1.29, 1.82) is 5.26 Å². The van der Waals surface area contributed by atoms with Crippen LogP contribution in [0.5, 0.6) is 0 Å². The van der Waals surface area contributed by atoms with Crippen LogP contribution in [0, 0.1) is 17.1 Å². The highest BCUT2D eigenvalue weighted by Gasteiger charge is 2.30. The van der Waals surface area contributed by atoms with E-state index in [2.05, 4.69) is 5.32 Å². The summed E-state index contributed by atoms with van der Waals surface area (Å²) in [5.41, 5.74) is 1.77. The van der Waals surface area contributed by atoms with Gasteiger partial charge in [0.25, 0.3) is 0 Å². The van der Waals surface area contributed by atoms with Crippen LogP contribution in [0.1, 0.15) is 23.5 Å². The molecule has 1 aliphatic heterocycles. The molecule has 126 valence electrons. The molecule has 1 N–H and O–H groups in total. The first-order chi connectivity index (χ1) is 12.1. The minimum absolute atomic E-state index is 0.0300. The summed E-state index contributed by atoms with van der Waals surface area (Å²) in [7, 11) is 0. The summed E-state index contributed by atoms with van der Waals surface area (Å²) < 4.78 is 13.3. The standard InChI is InChI=1S/C19H16FN3O2/c20-16-3-1-2-14(10-16)15-8-9-23(12-15)19(25)18(24)22-17-6-4-13(11-21)5-7-17/h1-7,10,15H,8-9,12H2,(H,22,24). The normalized spacial score (nSPS) is 16.3. The lowest BCUT2D eigenvalue weighted by Crippen LogP contribution is -2.38. The Morgan fingerprint density at radius 2 is 1.96 bits per heavy atom. The van der Waals surface area contributed by atoms with Crippen molar-refractivity contribution < 1.29 is 14.0 Å². The van der Waals surface area contributed by atoms with Crippen molar-refractivity contribution in [1.82, 2.24) is 4.90 Å². The Hall–Kier alpha value is -3.20. The second kappa shape index (κ2) is 7.14. The molecule has 0 bridgehead atoms. The van der Waals surface area contributed by atoms with Crippen molar-refractivity contribution in [2.75, 3.05) is 18.4 Å². The highest BCUT2D eigenvalue weighted by atomic mass is 19.1. The van der Waals surface area contributed by atoms with Crippen LogP contribution >= 0.6 is 0 Å². The molecule has 0 spiro atoms. The molecule has 1 aliphatic rings. The maximum atomic E-state index is 13.3. The van der Waals surface area contributed by atoms with Crippen LogP contribution in [0.3, 0.4) is 0 Å². The number of carbonyl (C=O) groups is 2. The van der Waals surface area contributed by atoms with Gasteiger partial charge in [-0.15, -0.1) is 0 Å². The number of nitriles is 1. The molecule has 1 saturated heterocycles. The van der Waals surface area contributed by atoms with E-state index in [1.807, 2.05) is 12.1 Å². The highest BCUT2D eigenvalue weighted by Crippen LogP contribution is 2.27. The van der Waals surface area contributed by atoms with E-state index >= 15 is 0 Å². The van der Waals surface area contributed by atoms with E-state index in [9.17, 15) is 14.0 Å². The van der Waals surface area contributed by atoms with Gasteiger partial charge in [-0.3, -0.25) is 9.59 Å². The molecule has 0 aromatic heterocycles. The molecular weight excluding hydrogens is 321 g/mol. The van der Waals surface area contributed by atoms with Crippen molar-refractivity contribution in [2.24, 2.45) is 0 Å². The molecule has 1 heterocycles. The van der Waals surface area contributed by atoms with Crippen molar-refractivity contribution >= 4 is 17.5 Å². The summed E-state index contributed by atoms with van der Waals surface area (Å²) in [6.45, 7) is 0.851. The molecular formula is C19H16FN3O2. The summed E-state index contributed by atoms with van der Waals surface area (Å²) in [6.07, 6.45) is 0.694. The highest BCUT2D eigenvalue weighted by molar-refractivity contribution is 6.39. The van der Waals surface area contributed by atoms with Gasteiger partial charge in [0.05, 0.1) is 11.6 Å². The number of halogens is 1. The third-order valence-electron chi connectivity index (χ3n) is 4.26. The molecule has 25 heavy (non-hydrogen) atoms. The monoisotopic (exact) mass is 337 g/mol. The fourth-order valence-electron chi connectivity index (χ4n) is 2.93. The number of hydrogen-bond acceptors (Lipinski definition) is 3. The Bertz CT molecular complexity index is 842. The van der Waals surface area contributed by atoms with Crippen LogP contribution in [0.4, 0.5) is 10.1 Å². The molecule has 0 radical (unpaired) electrons. The fraction of sp³-hybridized carbons (Fsp3) is 0.211. The van der Waals surface area contributed by atoms with Gasteiger partial charge in [-0.25, -0.2) is 4.39 Å². The maximum Gasteiger partial charge on any atom is 0.313 e. The molecule has 1 unspecified atom stereocenters. The number of benzene rings is 2. The van der Waals surface area contributed by atoms with Crippen LogP contribution in [-0.2, 0) is 9.59 Å². The third-order valence-corrected chi connectivity index (χ3v) is 4.26. The van der Waals surface area contributed by atoms with Gasteiger partial charge in [0.2, 0.25) is 0 Å². The molecule has 6 heteroatoms. The summed E-state index contributed by atoms with van der Waals surface area (Å²) in [6, 6.07) is 14.6. The SMILES string of the molecule is N#Cc1ccc(NC(=O)C(=O)N2CCC(c3cccc(F)c3)C2)cc1. The largest absolute Gasteiger partial charge is 0.334 e. The lowest BCUT2D eigenvalue weighted by atomic mass is 9.98. The molecule has 1 fully saturated rings. The molecule has 3 rings (SSSR count). The number of nitrogens with zero attached hydrogens (tertiary/aromatic N) is 2. The fourth-order valence-corrected chi connectivity index (χ4v) is 2.93. The Balaban J connectivity index is 1.61. The molecule has 2 amide bonds. The number of nitrogens with one attached hydrogen (secondary N) is 1. The average molecular weight is 337 g/mol. The summed E-state index contributed by atoms with van der Waals surface area (Å²) >= 11 is 0. The van der Waals surface area contributed by atoms with Gasteiger partial charge in [-0.05, 0) is 48.4 Å². The minimum atomic E-state index is -0.718. The first-order valence-corrected chi connectivity index (χ1v) is 7.92. The molecule has 2 aromatic rings. The van der Waals surface area contributed by atoms with Crippen molar-refractivity contribution in [3.8, 4) is 6.07 Å². The predicted molar refractivity (Wildman–Crippen MR) is 90.1 cm³/mol. The molecule has 5 nitrogen and oxygen atoms in total. The van der Waals surface area contributed by atoms with Crippen LogP contribution < -0.4 is 5.32 Å². The second-order valence-electron chi connectivity index (χ2n) is 5.94. The Kier molecular flexibility index (Phi) is 4.75. The summed E-state index contributed by atoms with van der Waals surface area (Å²) in [5.74, 6) is -1.60. The zero-order valence-corrected chi connectivity index (χ0v) is 13.4. The number of likely N-dealkylation sites (tertiary alicyclic amines) is 1. The smallest absolute Gasteiger partial charge is 0.313 e. The van der Waals surface area contributed by atoms with E-state index in [1.165, 1.54) is 17.0 Å². The van der Waals surface area contributed by atoms with Gasteiger partial charge in [0.1, 0.15) is 5.82 Å². The van der Waals surface area contributed by atoms with Crippen molar-refractivity contribution in [3.63, 3.8) is 0 Å². The zero-order chi connectivity index (χ0) is 17.8. The van der Waals surface area contributed by atoms with Gasteiger partial charge in [0, 0.05) is 24.7 Å². The molecule has 2 aromatic carbocycles. The van der Waals surface area contributed by atoms with E-state index in [1.54, 1.807) is 30.3 Å². The van der Waals surface area contributed by atoms with Gasteiger partial charge in [-0.1, -0.05) is 12.1 Å². The van der Waals surface area contributed by atoms with Crippen LogP contribution in [0.15, 0.2) is 48.5 Å². The van der Waals surface area contributed by atoms with Gasteiger partial charge >= 0.3 is 11.8 Å². The van der Waals surface area contributed by atoms with E-state index in [4.69, 9.17) is 5.26 Å². The number of anilines is 1. The van der Waals surface area contributed by atoms with Gasteiger partial charge in [-0.2, -0.15) is 5.26 Å². The topological polar surface area (TPSA) is 73.2 Å². The van der Waals surface area contributed by atoms with E-state index < -0.39 is 11.8 Å². The molecule has 0 aliphatic carbocycles. The Morgan fingerprint density at radius 1 is 1.20 bits per heavy atom. The zero-order valence-electron chi connectivity index (χ0n) is 13.4. The first-order valence-electron chi connectivity index (χ1n) is 7.92. The number of hydrogen-bond donors (Lipinski definition) is 1. The average Bonchev–Trinajstić information content (AvgIpc) is 3.12. The van der Waals surface area contributed by atoms with Crippen molar-refractivity contribution in [3.05, 3.63) is 65.5 Å². The van der Waals surface area contributed by atoms with E-state index in [0.29, 0.717) is 30.8 Å². The minimum Gasteiger partial charge on any atom is -0.334 e. The third kappa shape index (κ3) is 3.83. The second-order valence-corrected chi connectivity index (χ2v) is 5.94. The quantitative estimate of drug-likeness (QED) is 0.856. The van der Waals surface area contributed by atoms with Crippen molar-refractivity contribution in [2.45, 2.75) is 12.3 Å². The van der Waals surface area contributed by atoms with E-state index in [-0.39, 0.29) is 11.7 Å².